The van der Waals surface area contributed by atoms with Crippen molar-refractivity contribution in [3.63, 3.8) is 0 Å². The Hall–Kier alpha value is -3.30. The first-order valence-electron chi connectivity index (χ1n) is 10.9. The number of halogens is 1. The SMILES string of the molecule is CN(C)C(=O)c1cccc(CN2CCN(c3nn4cc(-c5ccc(F)cc5)nc4s3)CC2)c1. The number of hydrogen-bond acceptors (Lipinski definition) is 6. The van der Waals surface area contributed by atoms with E-state index in [2.05, 4.69) is 20.9 Å². The summed E-state index contributed by atoms with van der Waals surface area (Å²) in [6.07, 6.45) is 1.89. The van der Waals surface area contributed by atoms with Gasteiger partial charge in [-0.15, -0.1) is 5.10 Å². The first kappa shape index (κ1) is 21.5. The minimum absolute atomic E-state index is 0.0260. The van der Waals surface area contributed by atoms with Crippen LogP contribution in [0, 0.1) is 5.82 Å². The van der Waals surface area contributed by atoms with Crippen molar-refractivity contribution in [3.05, 3.63) is 71.7 Å². The van der Waals surface area contributed by atoms with Crippen molar-refractivity contribution in [3.8, 4) is 11.3 Å². The zero-order valence-corrected chi connectivity index (χ0v) is 19.4. The van der Waals surface area contributed by atoms with Gasteiger partial charge in [0.2, 0.25) is 10.1 Å². The number of rotatable bonds is 5. The molecule has 4 aromatic rings. The Balaban J connectivity index is 1.21. The number of piperazine rings is 1. The van der Waals surface area contributed by atoms with Crippen LogP contribution in [-0.4, -0.2) is 70.6 Å². The molecule has 1 aliphatic heterocycles. The molecule has 33 heavy (non-hydrogen) atoms. The van der Waals surface area contributed by atoms with Gasteiger partial charge in [-0.1, -0.05) is 23.5 Å². The third kappa shape index (κ3) is 4.60. The second-order valence-electron chi connectivity index (χ2n) is 8.41. The summed E-state index contributed by atoms with van der Waals surface area (Å²) in [5, 5.41) is 5.68. The fourth-order valence-corrected chi connectivity index (χ4v) is 4.93. The van der Waals surface area contributed by atoms with Gasteiger partial charge < -0.3 is 9.80 Å². The monoisotopic (exact) mass is 464 g/mol. The molecule has 1 aliphatic rings. The van der Waals surface area contributed by atoms with Crippen LogP contribution in [0.2, 0.25) is 0 Å². The van der Waals surface area contributed by atoms with Crippen molar-refractivity contribution in [2.24, 2.45) is 0 Å². The Morgan fingerprint density at radius 1 is 1.09 bits per heavy atom. The molecule has 1 fully saturated rings. The van der Waals surface area contributed by atoms with Crippen molar-refractivity contribution in [2.45, 2.75) is 6.54 Å². The highest BCUT2D eigenvalue weighted by Crippen LogP contribution is 2.27. The zero-order valence-electron chi connectivity index (χ0n) is 18.6. The molecule has 0 spiro atoms. The molecular formula is C24H25FN6OS. The maximum atomic E-state index is 13.2. The number of aromatic nitrogens is 3. The van der Waals surface area contributed by atoms with Gasteiger partial charge in [0.1, 0.15) is 5.82 Å². The average Bonchev–Trinajstić information content (AvgIpc) is 3.39. The lowest BCUT2D eigenvalue weighted by Crippen LogP contribution is -2.46. The summed E-state index contributed by atoms with van der Waals surface area (Å²) in [5.41, 5.74) is 3.54. The van der Waals surface area contributed by atoms with E-state index in [0.717, 1.165) is 65.2 Å². The standard InChI is InChI=1S/C24H25FN6OS/c1-28(2)22(32)19-5-3-4-17(14-19)15-29-10-12-30(13-11-29)24-27-31-16-21(26-23(31)33-24)18-6-8-20(25)9-7-18/h3-9,14,16H,10-13,15H2,1-2H3. The van der Waals surface area contributed by atoms with Gasteiger partial charge in [-0.3, -0.25) is 9.69 Å². The number of imidazole rings is 1. The minimum atomic E-state index is -0.255. The van der Waals surface area contributed by atoms with E-state index in [9.17, 15) is 9.18 Å². The zero-order chi connectivity index (χ0) is 22.9. The van der Waals surface area contributed by atoms with Crippen LogP contribution in [-0.2, 0) is 6.54 Å². The fraction of sp³-hybridized carbons (Fsp3) is 0.292. The van der Waals surface area contributed by atoms with Gasteiger partial charge in [0.15, 0.2) is 0 Å². The van der Waals surface area contributed by atoms with Crippen molar-refractivity contribution in [2.75, 3.05) is 45.2 Å². The lowest BCUT2D eigenvalue weighted by molar-refractivity contribution is 0.0827. The maximum Gasteiger partial charge on any atom is 0.253 e. The van der Waals surface area contributed by atoms with Crippen LogP contribution < -0.4 is 4.90 Å². The first-order valence-corrected chi connectivity index (χ1v) is 11.7. The molecule has 2 aromatic carbocycles. The van der Waals surface area contributed by atoms with E-state index in [0.29, 0.717) is 0 Å². The van der Waals surface area contributed by atoms with Crippen LogP contribution >= 0.6 is 11.3 Å². The Morgan fingerprint density at radius 2 is 1.85 bits per heavy atom. The lowest BCUT2D eigenvalue weighted by Gasteiger charge is -2.34. The smallest absolute Gasteiger partial charge is 0.253 e. The molecule has 0 N–H and O–H groups in total. The second-order valence-corrected chi connectivity index (χ2v) is 9.34. The first-order chi connectivity index (χ1) is 16.0. The van der Waals surface area contributed by atoms with Gasteiger partial charge in [0.25, 0.3) is 5.91 Å². The van der Waals surface area contributed by atoms with Gasteiger partial charge in [0, 0.05) is 57.9 Å². The highest BCUT2D eigenvalue weighted by molar-refractivity contribution is 7.20. The number of hydrogen-bond donors (Lipinski definition) is 0. The summed E-state index contributed by atoms with van der Waals surface area (Å²) in [6, 6.07) is 14.2. The van der Waals surface area contributed by atoms with E-state index >= 15 is 0 Å². The summed E-state index contributed by atoms with van der Waals surface area (Å²) in [7, 11) is 3.54. The summed E-state index contributed by atoms with van der Waals surface area (Å²) in [4.78, 5) is 24.0. The molecule has 0 atom stereocenters. The number of nitrogens with zero attached hydrogens (tertiary/aromatic N) is 6. The number of benzene rings is 2. The van der Waals surface area contributed by atoms with Crippen molar-refractivity contribution in [1.82, 2.24) is 24.4 Å². The molecule has 1 saturated heterocycles. The topological polar surface area (TPSA) is 57.0 Å². The minimum Gasteiger partial charge on any atom is -0.345 e. The van der Waals surface area contributed by atoms with Crippen molar-refractivity contribution in [1.29, 1.82) is 0 Å². The molecule has 0 aliphatic carbocycles. The highest BCUT2D eigenvalue weighted by Gasteiger charge is 2.21. The third-order valence-electron chi connectivity index (χ3n) is 5.80. The molecule has 170 valence electrons. The Labute approximate surface area is 195 Å². The summed E-state index contributed by atoms with van der Waals surface area (Å²) >= 11 is 1.57. The summed E-state index contributed by atoms with van der Waals surface area (Å²) < 4.78 is 15.0. The Morgan fingerprint density at radius 3 is 2.55 bits per heavy atom. The van der Waals surface area contributed by atoms with Gasteiger partial charge in [-0.25, -0.2) is 13.9 Å². The molecule has 3 heterocycles. The Bertz CT molecular complexity index is 1240. The molecule has 9 heteroatoms. The van der Waals surface area contributed by atoms with E-state index in [-0.39, 0.29) is 11.7 Å². The Kier molecular flexibility index (Phi) is 5.82. The third-order valence-corrected chi connectivity index (χ3v) is 6.78. The molecule has 1 amide bonds. The van der Waals surface area contributed by atoms with Gasteiger partial charge in [-0.05, 0) is 42.0 Å². The number of fused-ring (bicyclic) bond motifs is 1. The van der Waals surface area contributed by atoms with E-state index in [1.165, 1.54) is 12.1 Å². The van der Waals surface area contributed by atoms with Crippen molar-refractivity contribution >= 4 is 27.3 Å². The second kappa shape index (κ2) is 8.92. The highest BCUT2D eigenvalue weighted by atomic mass is 32.1. The van der Waals surface area contributed by atoms with Crippen LogP contribution in [0.4, 0.5) is 9.52 Å². The maximum absolute atomic E-state index is 13.2. The van der Waals surface area contributed by atoms with Crippen LogP contribution in [0.1, 0.15) is 15.9 Å². The normalized spacial score (nSPS) is 14.7. The van der Waals surface area contributed by atoms with E-state index < -0.39 is 0 Å². The average molecular weight is 465 g/mol. The molecule has 7 nitrogen and oxygen atoms in total. The lowest BCUT2D eigenvalue weighted by atomic mass is 10.1. The molecule has 0 saturated carbocycles. The van der Waals surface area contributed by atoms with E-state index in [4.69, 9.17) is 5.10 Å². The number of carbonyl (C=O) groups is 1. The summed E-state index contributed by atoms with van der Waals surface area (Å²) in [5.74, 6) is -0.230. The number of anilines is 1. The molecule has 0 unspecified atom stereocenters. The molecule has 0 bridgehead atoms. The molecule has 0 radical (unpaired) electrons. The van der Waals surface area contributed by atoms with E-state index in [1.54, 1.807) is 47.0 Å². The number of amides is 1. The van der Waals surface area contributed by atoms with Crippen LogP contribution in [0.5, 0.6) is 0 Å². The quantitative estimate of drug-likeness (QED) is 0.452. The van der Waals surface area contributed by atoms with Crippen molar-refractivity contribution < 1.29 is 9.18 Å². The summed E-state index contributed by atoms with van der Waals surface area (Å²) in [6.45, 7) is 4.45. The molecule has 2 aromatic heterocycles. The van der Waals surface area contributed by atoms with Crippen LogP contribution in [0.25, 0.3) is 16.2 Å². The predicted molar refractivity (Wildman–Crippen MR) is 128 cm³/mol. The van der Waals surface area contributed by atoms with E-state index in [1.807, 2.05) is 24.4 Å². The van der Waals surface area contributed by atoms with Crippen LogP contribution in [0.15, 0.2) is 54.7 Å². The van der Waals surface area contributed by atoms with Gasteiger partial charge in [-0.2, -0.15) is 0 Å². The van der Waals surface area contributed by atoms with Gasteiger partial charge in [0.05, 0.1) is 11.9 Å². The fourth-order valence-electron chi connectivity index (χ4n) is 3.99. The largest absolute Gasteiger partial charge is 0.345 e. The van der Waals surface area contributed by atoms with Crippen LogP contribution in [0.3, 0.4) is 0 Å². The predicted octanol–water partition coefficient (Wildman–Crippen LogP) is 3.62. The molecule has 5 rings (SSSR count). The van der Waals surface area contributed by atoms with Gasteiger partial charge >= 0.3 is 0 Å². The number of carbonyl (C=O) groups excluding carboxylic acids is 1. The molecular weight excluding hydrogens is 439 g/mol.